The lowest BCUT2D eigenvalue weighted by Crippen LogP contribution is -2.05. The summed E-state index contributed by atoms with van der Waals surface area (Å²) in [5, 5.41) is 17.1. The molecule has 5 nitrogen and oxygen atoms in total. The lowest BCUT2D eigenvalue weighted by molar-refractivity contribution is -0.130. The summed E-state index contributed by atoms with van der Waals surface area (Å²) in [4.78, 5) is 11.9. The molecule has 108 valence electrons. The van der Waals surface area contributed by atoms with E-state index in [1.54, 1.807) is 24.3 Å². The lowest BCUT2D eigenvalue weighted by Gasteiger charge is -2.10. The van der Waals surface area contributed by atoms with E-state index in [2.05, 4.69) is 10.4 Å². The normalized spacial score (nSPS) is 11.8. The molecule has 3 aromatic rings. The number of hydrogen-bond donors (Lipinski definition) is 1. The third-order valence-corrected chi connectivity index (χ3v) is 3.20. The smallest absolute Gasteiger partial charge is 0.337 e. The Kier molecular flexibility index (Phi) is 3.78. The second kappa shape index (κ2) is 6.05. The van der Waals surface area contributed by atoms with E-state index in [-0.39, 0.29) is 5.57 Å². The van der Waals surface area contributed by atoms with Crippen molar-refractivity contribution < 1.29 is 14.4 Å². The van der Waals surface area contributed by atoms with Crippen molar-refractivity contribution >= 4 is 17.1 Å². The molecule has 0 aliphatic rings. The van der Waals surface area contributed by atoms with Gasteiger partial charge in [-0.2, -0.15) is 0 Å². The fourth-order valence-corrected chi connectivity index (χ4v) is 2.28. The Morgan fingerprint density at radius 1 is 0.909 bits per heavy atom. The average Bonchev–Trinajstić information content (AvgIpc) is 3.07. The molecule has 5 heteroatoms. The van der Waals surface area contributed by atoms with Crippen molar-refractivity contribution in [3.8, 4) is 0 Å². The van der Waals surface area contributed by atoms with Gasteiger partial charge in [0.05, 0.1) is 5.57 Å². The van der Waals surface area contributed by atoms with Crippen LogP contribution >= 0.6 is 0 Å². The first kappa shape index (κ1) is 13.8. The van der Waals surface area contributed by atoms with E-state index < -0.39 is 5.97 Å². The Morgan fingerprint density at radius 3 is 2.00 bits per heavy atom. The Morgan fingerprint density at radius 2 is 1.50 bits per heavy atom. The van der Waals surface area contributed by atoms with Gasteiger partial charge >= 0.3 is 5.97 Å². The molecule has 0 saturated carbocycles. The van der Waals surface area contributed by atoms with E-state index in [1.807, 2.05) is 36.4 Å². The number of aliphatic carboxylic acids is 1. The van der Waals surface area contributed by atoms with Crippen molar-refractivity contribution in [2.24, 2.45) is 0 Å². The predicted molar refractivity (Wildman–Crippen MR) is 80.7 cm³/mol. The molecule has 0 atom stereocenters. The van der Waals surface area contributed by atoms with E-state index >= 15 is 0 Å². The summed E-state index contributed by atoms with van der Waals surface area (Å²) in [5.74, 6) is -1.03. The van der Waals surface area contributed by atoms with Gasteiger partial charge in [-0.15, -0.1) is 5.10 Å². The number of benzene rings is 2. The van der Waals surface area contributed by atoms with Crippen molar-refractivity contribution in [2.45, 2.75) is 0 Å². The summed E-state index contributed by atoms with van der Waals surface area (Å²) in [7, 11) is 0. The molecule has 1 aromatic heterocycles. The summed E-state index contributed by atoms with van der Waals surface area (Å²) < 4.78 is 4.79. The highest BCUT2D eigenvalue weighted by Gasteiger charge is 2.21. The number of rotatable bonds is 4. The molecule has 0 aliphatic heterocycles. The zero-order chi connectivity index (χ0) is 15.4. The summed E-state index contributed by atoms with van der Waals surface area (Å²) in [6.45, 7) is 0. The first-order valence-electron chi connectivity index (χ1n) is 6.63. The van der Waals surface area contributed by atoms with E-state index in [1.165, 1.54) is 6.26 Å². The highest BCUT2D eigenvalue weighted by molar-refractivity contribution is 6.25. The third kappa shape index (κ3) is 2.64. The zero-order valence-corrected chi connectivity index (χ0v) is 11.5. The summed E-state index contributed by atoms with van der Waals surface area (Å²) in [5.41, 5.74) is 2.34. The van der Waals surface area contributed by atoms with Crippen LogP contribution in [0.15, 0.2) is 71.4 Å². The standard InChI is InChI=1S/C17H12N2O3/c20-17(21)16(13-9-5-2-6-10-13)15(14-11-22-19-18-14)12-7-3-1-4-8-12/h1-11H,(H,20,21). The molecule has 3 rings (SSSR count). The monoisotopic (exact) mass is 292 g/mol. The molecule has 0 radical (unpaired) electrons. The predicted octanol–water partition coefficient (Wildman–Crippen LogP) is 3.11. The number of carboxylic acids is 1. The number of hydrogen-bond acceptors (Lipinski definition) is 4. The quantitative estimate of drug-likeness (QED) is 0.590. The molecular formula is C17H12N2O3. The van der Waals surface area contributed by atoms with Gasteiger partial charge in [-0.1, -0.05) is 60.7 Å². The van der Waals surface area contributed by atoms with Crippen LogP contribution in [0.1, 0.15) is 16.8 Å². The van der Waals surface area contributed by atoms with E-state index in [0.29, 0.717) is 16.8 Å². The second-order valence-electron chi connectivity index (χ2n) is 4.58. The fourth-order valence-electron chi connectivity index (χ4n) is 2.28. The van der Waals surface area contributed by atoms with Crippen LogP contribution in [0.5, 0.6) is 0 Å². The number of nitrogens with zero attached hydrogens (tertiary/aromatic N) is 2. The Bertz CT molecular complexity index is 794. The first-order chi connectivity index (χ1) is 10.8. The van der Waals surface area contributed by atoms with Gasteiger partial charge in [-0.3, -0.25) is 0 Å². The molecule has 0 bridgehead atoms. The second-order valence-corrected chi connectivity index (χ2v) is 4.58. The van der Waals surface area contributed by atoms with Gasteiger partial charge in [0.25, 0.3) is 0 Å². The van der Waals surface area contributed by atoms with Gasteiger partial charge in [-0.05, 0) is 11.1 Å². The minimum atomic E-state index is -1.03. The first-order valence-corrected chi connectivity index (χ1v) is 6.63. The van der Waals surface area contributed by atoms with Crippen LogP contribution in [-0.2, 0) is 4.79 Å². The molecule has 1 N–H and O–H groups in total. The third-order valence-electron chi connectivity index (χ3n) is 3.20. The van der Waals surface area contributed by atoms with Gasteiger partial charge in [0, 0.05) is 10.8 Å². The average molecular weight is 292 g/mol. The SMILES string of the molecule is O=C(O)C(=C(c1ccccc1)c1conn1)c1ccccc1. The van der Waals surface area contributed by atoms with Crippen molar-refractivity contribution in [2.75, 3.05) is 0 Å². The minimum Gasteiger partial charge on any atom is -0.478 e. The molecular weight excluding hydrogens is 280 g/mol. The molecule has 0 fully saturated rings. The molecule has 1 heterocycles. The van der Waals surface area contributed by atoms with Crippen LogP contribution < -0.4 is 0 Å². The zero-order valence-electron chi connectivity index (χ0n) is 11.5. The van der Waals surface area contributed by atoms with Crippen LogP contribution in [0, 0.1) is 0 Å². The Labute approximate surface area is 126 Å². The van der Waals surface area contributed by atoms with Crippen molar-refractivity contribution in [1.82, 2.24) is 10.4 Å². The molecule has 0 saturated heterocycles. The molecule has 0 spiro atoms. The van der Waals surface area contributed by atoms with Crippen LogP contribution in [0.2, 0.25) is 0 Å². The Hall–Kier alpha value is -3.21. The van der Waals surface area contributed by atoms with Crippen LogP contribution in [0.3, 0.4) is 0 Å². The van der Waals surface area contributed by atoms with Gasteiger partial charge < -0.3 is 9.63 Å². The minimum absolute atomic E-state index is 0.155. The largest absolute Gasteiger partial charge is 0.478 e. The van der Waals surface area contributed by atoms with E-state index in [9.17, 15) is 9.90 Å². The molecule has 2 aromatic carbocycles. The molecule has 22 heavy (non-hydrogen) atoms. The highest BCUT2D eigenvalue weighted by atomic mass is 16.5. The number of aromatic nitrogens is 2. The number of carbonyl (C=O) groups is 1. The fraction of sp³-hybridized carbons (Fsp3) is 0. The lowest BCUT2D eigenvalue weighted by atomic mass is 9.93. The van der Waals surface area contributed by atoms with Crippen molar-refractivity contribution in [3.63, 3.8) is 0 Å². The van der Waals surface area contributed by atoms with Crippen LogP contribution in [-0.4, -0.2) is 21.4 Å². The van der Waals surface area contributed by atoms with E-state index in [0.717, 1.165) is 5.56 Å². The number of carboxylic acid groups (broad SMARTS) is 1. The van der Waals surface area contributed by atoms with Crippen molar-refractivity contribution in [1.29, 1.82) is 0 Å². The van der Waals surface area contributed by atoms with Crippen molar-refractivity contribution in [3.05, 3.63) is 83.7 Å². The van der Waals surface area contributed by atoms with E-state index in [4.69, 9.17) is 4.52 Å². The Balaban J connectivity index is 2.32. The molecule has 0 amide bonds. The summed E-state index contributed by atoms with van der Waals surface area (Å²) >= 11 is 0. The summed E-state index contributed by atoms with van der Waals surface area (Å²) in [6.07, 6.45) is 1.34. The van der Waals surface area contributed by atoms with Gasteiger partial charge in [-0.25, -0.2) is 4.79 Å². The van der Waals surface area contributed by atoms with Crippen LogP contribution in [0.25, 0.3) is 11.1 Å². The maximum absolute atomic E-state index is 11.9. The summed E-state index contributed by atoms with van der Waals surface area (Å²) in [6, 6.07) is 18.1. The highest BCUT2D eigenvalue weighted by Crippen LogP contribution is 2.31. The van der Waals surface area contributed by atoms with Gasteiger partial charge in [0.15, 0.2) is 6.26 Å². The molecule has 0 aliphatic carbocycles. The van der Waals surface area contributed by atoms with Gasteiger partial charge in [0.1, 0.15) is 5.69 Å². The molecule has 0 unspecified atom stereocenters. The van der Waals surface area contributed by atoms with Crippen LogP contribution in [0.4, 0.5) is 0 Å². The maximum Gasteiger partial charge on any atom is 0.337 e. The maximum atomic E-state index is 11.9. The topological polar surface area (TPSA) is 76.2 Å². The van der Waals surface area contributed by atoms with Gasteiger partial charge in [0.2, 0.25) is 0 Å².